The third kappa shape index (κ3) is 16.7. The van der Waals surface area contributed by atoms with E-state index in [4.69, 9.17) is 32.7 Å². The van der Waals surface area contributed by atoms with Crippen LogP contribution in [0.25, 0.3) is 66.0 Å². The molecule has 0 amide bonds. The van der Waals surface area contributed by atoms with Gasteiger partial charge in [0.25, 0.3) is 0 Å². The third-order valence-electron chi connectivity index (χ3n) is 20.3. The molecule has 10 rings (SSSR count). The van der Waals surface area contributed by atoms with Gasteiger partial charge in [0.15, 0.2) is 0 Å². The van der Waals surface area contributed by atoms with Crippen LogP contribution >= 0.6 is 23.2 Å². The van der Waals surface area contributed by atoms with E-state index in [0.29, 0.717) is 44.6 Å². The van der Waals surface area contributed by atoms with E-state index >= 15 is 0 Å². The second-order valence-corrected chi connectivity index (χ2v) is 38.0. The molecule has 2 N–H and O–H groups in total. The van der Waals surface area contributed by atoms with E-state index in [1.165, 1.54) is 22.3 Å². The van der Waals surface area contributed by atoms with E-state index in [-0.39, 0.29) is 115 Å². The fraction of sp³-hybridized carbons (Fsp3) is 0.473. The molecule has 2 unspecified atom stereocenters. The minimum atomic E-state index is -1.93. The Morgan fingerprint density at radius 2 is 0.930 bits per heavy atom. The molecule has 0 spiro atoms. The number of fused-ring (bicyclic) bond motifs is 6. The van der Waals surface area contributed by atoms with Crippen molar-refractivity contribution in [2.24, 2.45) is 16.2 Å². The molecule has 2 heterocycles. The van der Waals surface area contributed by atoms with E-state index in [2.05, 4.69) is 292 Å². The molecule has 0 saturated carbocycles. The number of aromatic nitrogens is 2. The summed E-state index contributed by atoms with van der Waals surface area (Å²) in [5, 5.41) is 33.7. The quantitative estimate of drug-likeness (QED) is 0.0438. The van der Waals surface area contributed by atoms with Crippen molar-refractivity contribution in [2.45, 2.75) is 250 Å². The minimum Gasteiger partial charge on any atom is -0.505 e. The van der Waals surface area contributed by atoms with Crippen molar-refractivity contribution in [3.63, 3.8) is 0 Å². The monoisotopic (exact) mass is 1550 g/mol. The topological polar surface area (TPSA) is 68.8 Å². The summed E-state index contributed by atoms with van der Waals surface area (Å²) in [4.78, 5) is 0. The van der Waals surface area contributed by atoms with Crippen LogP contribution in [-0.4, -0.2) is 38.3 Å². The number of benzene rings is 7. The molecule has 0 bridgehead atoms. The zero-order valence-corrected chi connectivity index (χ0v) is 71.4. The average Bonchev–Trinajstić information content (AvgIpc) is 1.47. The van der Waals surface area contributed by atoms with Gasteiger partial charge >= 0.3 is 0 Å². The van der Waals surface area contributed by atoms with Crippen molar-refractivity contribution in [2.75, 3.05) is 13.2 Å². The molecule has 0 fully saturated rings. The molecule has 100 heavy (non-hydrogen) atoms. The largest absolute Gasteiger partial charge is 0.505 e. The molecule has 1 aliphatic carbocycles. The fourth-order valence-electron chi connectivity index (χ4n) is 15.6. The van der Waals surface area contributed by atoms with Crippen molar-refractivity contribution < 1.29 is 45.5 Å². The van der Waals surface area contributed by atoms with Gasteiger partial charge in [-0.25, -0.2) is 0 Å². The summed E-state index contributed by atoms with van der Waals surface area (Å²) < 4.78 is 19.3. The average molecular weight is 1560 g/mol. The number of ether oxygens (including phenoxy) is 2. The Balaban J connectivity index is 0.00000468. The first-order valence-corrected chi connectivity index (χ1v) is 36.5. The predicted octanol–water partition coefficient (Wildman–Crippen LogP) is 26.8. The molecular weight excluding hydrogens is 1430 g/mol. The Morgan fingerprint density at radius 3 is 1.37 bits per heavy atom. The summed E-state index contributed by atoms with van der Waals surface area (Å²) in [6.45, 7) is 59.4. The van der Waals surface area contributed by atoms with Crippen LogP contribution < -0.4 is 4.74 Å². The Morgan fingerprint density at radius 1 is 0.490 bits per heavy atom. The van der Waals surface area contributed by atoms with Gasteiger partial charge in [-0.2, -0.15) is 0 Å². The maximum absolute atomic E-state index is 14.5. The summed E-state index contributed by atoms with van der Waals surface area (Å²) in [6, 6.07) is 41.3. The van der Waals surface area contributed by atoms with E-state index in [9.17, 15) is 10.2 Å². The molecule has 2 atom stereocenters. The van der Waals surface area contributed by atoms with Gasteiger partial charge in [0, 0.05) is 91.6 Å². The van der Waals surface area contributed by atoms with Crippen LogP contribution in [0.2, 0.25) is 10.0 Å². The summed E-state index contributed by atoms with van der Waals surface area (Å²) in [6.07, 6.45) is 6.68. The second-order valence-electron chi connectivity index (χ2n) is 37.1. The van der Waals surface area contributed by atoms with Crippen molar-refractivity contribution in [1.29, 1.82) is 0 Å². The molecule has 9 aromatic rings. The summed E-state index contributed by atoms with van der Waals surface area (Å²) in [5.41, 5.74) is 15.7. The number of aliphatic hydroxyl groups is 1. The number of phenols is 1. The Labute approximate surface area is 632 Å². The first kappa shape index (κ1) is 81.9. The number of hydrogen-bond donors (Lipinski definition) is 2. The van der Waals surface area contributed by atoms with Gasteiger partial charge in [-0.15, -0.1) is 0 Å². The number of halogens is 2. The van der Waals surface area contributed by atoms with Gasteiger partial charge in [-0.05, 0) is 209 Å². The maximum Gasteiger partial charge on any atom is 0.218 e. The summed E-state index contributed by atoms with van der Waals surface area (Å²) >= 11 is 14.5. The van der Waals surface area contributed by atoms with Crippen molar-refractivity contribution >= 4 is 72.4 Å². The summed E-state index contributed by atoms with van der Waals surface area (Å²) in [5.74, 6) is -0.985. The van der Waals surface area contributed by atoms with Crippen LogP contribution in [0.4, 0.5) is 0 Å². The standard InChI is InChI=1S/C89H114Cl2N2O4.2CH3.Hf/c1-53(2)55-38-56(40-63(90)39-55)72-46-62(88(25,26)52-82(8,9)10)48-78(93-75-34-30-59(85(17,18)19)43-68(75)69-44-60(86(20,21)22)31-35-76(69)93)89(72,95)97-37-27-36-96-80-65(54(3)4)49-64(91)50-71(80)70-45-61(87(23,24)51-81(5,6)7)47-77(79(70)94)92-73-32-28-57(83(11,12)13)41-66(73)67-42-58(84(14,15)16)29-33-74(67)92;;;/h28-35,38-50,53-54,78,94-95H,27,36-37,51-52H2,1-26H3;2*1H3;/q;2*-1;. The first-order chi connectivity index (χ1) is 44.6. The molecule has 0 aliphatic heterocycles. The van der Waals surface area contributed by atoms with Crippen LogP contribution in [0.3, 0.4) is 0 Å². The first-order valence-electron chi connectivity index (χ1n) is 35.7. The maximum atomic E-state index is 14.5. The molecule has 538 valence electrons. The van der Waals surface area contributed by atoms with Gasteiger partial charge in [0.05, 0.1) is 29.9 Å². The molecule has 9 heteroatoms. The number of rotatable bonds is 16. The van der Waals surface area contributed by atoms with Gasteiger partial charge < -0.3 is 43.7 Å². The van der Waals surface area contributed by atoms with Gasteiger partial charge in [-0.1, -0.05) is 240 Å². The van der Waals surface area contributed by atoms with E-state index in [1.54, 1.807) is 0 Å². The van der Waals surface area contributed by atoms with Crippen molar-refractivity contribution in [1.82, 2.24) is 9.13 Å². The molecule has 6 nitrogen and oxygen atoms in total. The van der Waals surface area contributed by atoms with Crippen LogP contribution in [0.5, 0.6) is 11.5 Å². The third-order valence-corrected chi connectivity index (χ3v) is 20.8. The second kappa shape index (κ2) is 28.9. The SMILES string of the molecule is CC(C)c1cc(Cl)cc(C2=CC(C(C)(C)CC(C)(C)C)=CC(n3c4ccc(C(C)(C)C)cc4c4cc(C(C)(C)C)ccc43)C2(O)OCCCOc2c(-c3cc(C(C)(C)CC(C)(C)C)cc(-n4c5ccc(C(C)(C)C)cc5c5cc(C(C)(C)C)ccc54)c3O)cc(Cl)cc2C(C)C)c1.[CH3-].[CH3-].[Hf]. The number of phenolic OH excluding ortho intramolecular Hbond substituents is 1. The Bertz CT molecular complexity index is 4420. The Kier molecular flexibility index (Phi) is 23.7. The fourth-order valence-corrected chi connectivity index (χ4v) is 16.1. The molecule has 7 aromatic carbocycles. The number of hydrogen-bond acceptors (Lipinski definition) is 4. The van der Waals surface area contributed by atoms with Crippen LogP contribution in [0.1, 0.15) is 262 Å². The van der Waals surface area contributed by atoms with E-state index < -0.39 is 11.8 Å². The Hall–Kier alpha value is -5.41. The zero-order valence-electron chi connectivity index (χ0n) is 66.3. The summed E-state index contributed by atoms with van der Waals surface area (Å²) in [7, 11) is 0. The van der Waals surface area contributed by atoms with Crippen molar-refractivity contribution in [3.8, 4) is 28.3 Å². The smallest absolute Gasteiger partial charge is 0.218 e. The molecule has 2 aromatic heterocycles. The minimum absolute atomic E-state index is 0. The van der Waals surface area contributed by atoms with Crippen LogP contribution in [-0.2, 0) is 57.7 Å². The molecular formula is C91H120Cl2HfN2O4-2. The van der Waals surface area contributed by atoms with E-state index in [0.717, 1.165) is 84.3 Å². The molecule has 1 aliphatic rings. The predicted molar refractivity (Wildman–Crippen MR) is 431 cm³/mol. The van der Waals surface area contributed by atoms with E-state index in [1.807, 2.05) is 24.3 Å². The van der Waals surface area contributed by atoms with Crippen LogP contribution in [0, 0.1) is 31.1 Å². The number of allylic oxidation sites excluding steroid dienone is 2. The molecule has 0 saturated heterocycles. The van der Waals surface area contributed by atoms with Gasteiger partial charge in [0.2, 0.25) is 5.79 Å². The zero-order chi connectivity index (χ0) is 71.6. The van der Waals surface area contributed by atoms with Gasteiger partial charge in [0.1, 0.15) is 17.5 Å². The van der Waals surface area contributed by atoms with Crippen molar-refractivity contribution in [3.05, 3.63) is 202 Å². The van der Waals surface area contributed by atoms with Gasteiger partial charge in [-0.3, -0.25) is 0 Å². The normalized spacial score (nSPS) is 16.1. The number of aromatic hydroxyl groups is 1. The number of nitrogens with zero attached hydrogens (tertiary/aromatic N) is 2. The van der Waals surface area contributed by atoms with Crippen LogP contribution in [0.15, 0.2) is 133 Å². The molecule has 0 radical (unpaired) electrons.